The van der Waals surface area contributed by atoms with Crippen LogP contribution in [0.15, 0.2) is 36.5 Å². The zero-order valence-corrected chi connectivity index (χ0v) is 12.9. The first-order chi connectivity index (χ1) is 10.5. The normalized spacial score (nSPS) is 12.3. The minimum Gasteiger partial charge on any atom is -0.343 e. The van der Waals surface area contributed by atoms with Gasteiger partial charge in [0.1, 0.15) is 0 Å². The van der Waals surface area contributed by atoms with Crippen LogP contribution in [0.4, 0.5) is 0 Å². The molecule has 0 saturated carbocycles. The minimum atomic E-state index is -0.340. The number of hydrogen-bond donors (Lipinski definition) is 1. The molecule has 1 aromatic carbocycles. The van der Waals surface area contributed by atoms with Gasteiger partial charge in [-0.1, -0.05) is 23.7 Å². The van der Waals surface area contributed by atoms with Crippen LogP contribution in [0.5, 0.6) is 0 Å². The average molecular weight is 316 g/mol. The van der Waals surface area contributed by atoms with Gasteiger partial charge in [0.05, 0.1) is 6.04 Å². The zero-order valence-electron chi connectivity index (χ0n) is 12.1. The summed E-state index contributed by atoms with van der Waals surface area (Å²) in [6.45, 7) is 3.77. The monoisotopic (exact) mass is 315 g/mol. The van der Waals surface area contributed by atoms with E-state index in [2.05, 4.69) is 20.4 Å². The smallest absolute Gasteiger partial charge is 0.291 e. The van der Waals surface area contributed by atoms with Crippen molar-refractivity contribution >= 4 is 23.3 Å². The lowest BCUT2D eigenvalue weighted by molar-refractivity contribution is 0.0929. The molecular weight excluding hydrogens is 302 g/mol. The molecule has 6 nitrogen and oxygen atoms in total. The average Bonchev–Trinajstić information content (AvgIpc) is 2.93. The standard InChI is InChI=1S/C15H14ClN5O/c1-9-7-8-17-15-19-13(20-21(9)15)14(22)18-10(2)11-3-5-12(16)6-4-11/h3-8,10H,1-2H3,(H,18,22)/t10-/m1/s1. The fourth-order valence-corrected chi connectivity index (χ4v) is 2.22. The minimum absolute atomic E-state index is 0.0996. The number of nitrogens with zero attached hydrogens (tertiary/aromatic N) is 4. The Balaban J connectivity index is 1.80. The van der Waals surface area contributed by atoms with Crippen LogP contribution >= 0.6 is 11.6 Å². The molecule has 22 heavy (non-hydrogen) atoms. The fourth-order valence-electron chi connectivity index (χ4n) is 2.10. The lowest BCUT2D eigenvalue weighted by atomic mass is 10.1. The Bertz CT molecular complexity index is 828. The maximum Gasteiger partial charge on any atom is 0.291 e. The van der Waals surface area contributed by atoms with Gasteiger partial charge >= 0.3 is 0 Å². The lowest BCUT2D eigenvalue weighted by Gasteiger charge is -2.12. The number of fused-ring (bicyclic) bond motifs is 1. The van der Waals surface area contributed by atoms with Crippen molar-refractivity contribution in [2.45, 2.75) is 19.9 Å². The highest BCUT2D eigenvalue weighted by molar-refractivity contribution is 6.30. The van der Waals surface area contributed by atoms with E-state index >= 15 is 0 Å². The quantitative estimate of drug-likeness (QED) is 0.806. The van der Waals surface area contributed by atoms with Crippen molar-refractivity contribution in [1.82, 2.24) is 24.9 Å². The predicted octanol–water partition coefficient (Wildman–Crippen LogP) is 2.58. The molecule has 0 bridgehead atoms. The highest BCUT2D eigenvalue weighted by atomic mass is 35.5. The molecule has 0 radical (unpaired) electrons. The Morgan fingerprint density at radius 3 is 2.68 bits per heavy atom. The summed E-state index contributed by atoms with van der Waals surface area (Å²) >= 11 is 5.86. The SMILES string of the molecule is Cc1ccnc2nc(C(=O)N[C@H](C)c3ccc(Cl)cc3)nn12. The fraction of sp³-hybridized carbons (Fsp3) is 0.200. The molecule has 0 aliphatic rings. The van der Waals surface area contributed by atoms with Crippen molar-refractivity contribution in [3.63, 3.8) is 0 Å². The second kappa shape index (κ2) is 5.73. The van der Waals surface area contributed by atoms with Gasteiger partial charge in [-0.15, -0.1) is 5.10 Å². The number of carbonyl (C=O) groups excluding carboxylic acids is 1. The van der Waals surface area contributed by atoms with Gasteiger partial charge in [0.15, 0.2) is 0 Å². The molecule has 0 unspecified atom stereocenters. The molecule has 3 aromatic rings. The van der Waals surface area contributed by atoms with E-state index < -0.39 is 0 Å². The summed E-state index contributed by atoms with van der Waals surface area (Å²) in [5.41, 5.74) is 1.82. The molecule has 3 rings (SSSR count). The summed E-state index contributed by atoms with van der Waals surface area (Å²) in [5.74, 6) is 0.166. The largest absolute Gasteiger partial charge is 0.343 e. The first-order valence-electron chi connectivity index (χ1n) is 6.79. The number of carbonyl (C=O) groups is 1. The molecule has 0 fully saturated rings. The second-order valence-corrected chi connectivity index (χ2v) is 5.42. The van der Waals surface area contributed by atoms with Gasteiger partial charge in [0.25, 0.3) is 11.7 Å². The summed E-state index contributed by atoms with van der Waals surface area (Å²) in [7, 11) is 0. The van der Waals surface area contributed by atoms with E-state index in [1.807, 2.05) is 26.0 Å². The van der Waals surface area contributed by atoms with Crippen molar-refractivity contribution in [3.8, 4) is 0 Å². The number of aryl methyl sites for hydroxylation is 1. The summed E-state index contributed by atoms with van der Waals surface area (Å²) < 4.78 is 1.54. The van der Waals surface area contributed by atoms with E-state index in [1.54, 1.807) is 28.9 Å². The zero-order chi connectivity index (χ0) is 15.7. The molecule has 2 heterocycles. The van der Waals surface area contributed by atoms with Crippen LogP contribution < -0.4 is 5.32 Å². The maximum atomic E-state index is 12.3. The summed E-state index contributed by atoms with van der Waals surface area (Å²) in [6.07, 6.45) is 1.64. The van der Waals surface area contributed by atoms with Gasteiger partial charge in [0.2, 0.25) is 5.82 Å². The molecule has 1 N–H and O–H groups in total. The topological polar surface area (TPSA) is 72.2 Å². The maximum absolute atomic E-state index is 12.3. The van der Waals surface area contributed by atoms with Gasteiger partial charge in [-0.3, -0.25) is 4.79 Å². The van der Waals surface area contributed by atoms with Crippen LogP contribution in [-0.2, 0) is 0 Å². The van der Waals surface area contributed by atoms with E-state index in [9.17, 15) is 4.79 Å². The highest BCUT2D eigenvalue weighted by Gasteiger charge is 2.17. The summed E-state index contributed by atoms with van der Waals surface area (Å²) in [6, 6.07) is 8.95. The Kier molecular flexibility index (Phi) is 3.77. The van der Waals surface area contributed by atoms with Crippen molar-refractivity contribution in [1.29, 1.82) is 0 Å². The van der Waals surface area contributed by atoms with E-state index in [0.717, 1.165) is 11.3 Å². The van der Waals surface area contributed by atoms with Crippen molar-refractivity contribution < 1.29 is 4.79 Å². The summed E-state index contributed by atoms with van der Waals surface area (Å²) in [5, 5.41) is 7.71. The molecule has 0 aliphatic heterocycles. The summed E-state index contributed by atoms with van der Waals surface area (Å²) in [4.78, 5) is 20.5. The molecular formula is C15H14ClN5O. The second-order valence-electron chi connectivity index (χ2n) is 4.98. The number of nitrogens with one attached hydrogen (secondary N) is 1. The predicted molar refractivity (Wildman–Crippen MR) is 82.9 cm³/mol. The van der Waals surface area contributed by atoms with E-state index in [4.69, 9.17) is 11.6 Å². The number of amides is 1. The first kappa shape index (κ1) is 14.5. The highest BCUT2D eigenvalue weighted by Crippen LogP contribution is 2.16. The lowest BCUT2D eigenvalue weighted by Crippen LogP contribution is -2.27. The Morgan fingerprint density at radius 1 is 1.27 bits per heavy atom. The van der Waals surface area contributed by atoms with Crippen LogP contribution in [-0.4, -0.2) is 25.5 Å². The molecule has 0 spiro atoms. The molecule has 1 atom stereocenters. The molecule has 1 amide bonds. The van der Waals surface area contributed by atoms with Gasteiger partial charge in [0, 0.05) is 16.9 Å². The number of halogens is 1. The molecule has 7 heteroatoms. The molecule has 2 aromatic heterocycles. The van der Waals surface area contributed by atoms with E-state index in [-0.39, 0.29) is 17.8 Å². The number of aromatic nitrogens is 4. The van der Waals surface area contributed by atoms with Crippen LogP contribution in [0.1, 0.15) is 34.8 Å². The number of hydrogen-bond acceptors (Lipinski definition) is 4. The van der Waals surface area contributed by atoms with Crippen LogP contribution in [0.25, 0.3) is 5.78 Å². The van der Waals surface area contributed by atoms with Gasteiger partial charge in [-0.25, -0.2) is 9.50 Å². The van der Waals surface area contributed by atoms with Crippen molar-refractivity contribution in [2.75, 3.05) is 0 Å². The first-order valence-corrected chi connectivity index (χ1v) is 7.17. The van der Waals surface area contributed by atoms with Crippen LogP contribution in [0, 0.1) is 6.92 Å². The van der Waals surface area contributed by atoms with Crippen LogP contribution in [0.2, 0.25) is 5.02 Å². The molecule has 112 valence electrons. The number of benzene rings is 1. The van der Waals surface area contributed by atoms with Gasteiger partial charge in [-0.05, 0) is 37.6 Å². The van der Waals surface area contributed by atoms with E-state index in [0.29, 0.717) is 10.8 Å². The third-order valence-corrected chi connectivity index (χ3v) is 3.60. The van der Waals surface area contributed by atoms with Gasteiger partial charge < -0.3 is 5.32 Å². The Labute approximate surface area is 132 Å². The van der Waals surface area contributed by atoms with Crippen molar-refractivity contribution in [2.24, 2.45) is 0 Å². The van der Waals surface area contributed by atoms with E-state index in [1.165, 1.54) is 0 Å². The van der Waals surface area contributed by atoms with Gasteiger partial charge in [-0.2, -0.15) is 4.98 Å². The van der Waals surface area contributed by atoms with Crippen molar-refractivity contribution in [3.05, 3.63) is 58.6 Å². The Morgan fingerprint density at radius 2 is 2.00 bits per heavy atom. The molecule has 0 saturated heterocycles. The third kappa shape index (κ3) is 2.78. The Hall–Kier alpha value is -2.47. The number of rotatable bonds is 3. The molecule has 0 aliphatic carbocycles. The van der Waals surface area contributed by atoms with Crippen LogP contribution in [0.3, 0.4) is 0 Å². The third-order valence-electron chi connectivity index (χ3n) is 3.35.